The molecule has 0 saturated heterocycles. The minimum absolute atomic E-state index is 0.0120. The number of amides is 1. The Hall–Kier alpha value is -3.37. The zero-order valence-electron chi connectivity index (χ0n) is 18.2. The van der Waals surface area contributed by atoms with Gasteiger partial charge < -0.3 is 10.1 Å². The van der Waals surface area contributed by atoms with Gasteiger partial charge in [-0.3, -0.25) is 4.79 Å². The third-order valence-corrected chi connectivity index (χ3v) is 6.29. The van der Waals surface area contributed by atoms with Crippen LogP contribution >= 0.6 is 0 Å². The Balaban J connectivity index is 1.85. The molecule has 0 aliphatic rings. The standard InChI is InChI=1S/C24H23F3N2O4S/c1-2-33-20-11-13-21(14-12-20)34(31,32)29-22(15-17-7-4-3-5-8-17)23(30)28-19-10-6-9-18(16-19)24(25,26)27/h3-14,16,22,29H,2,15H2,1H3,(H,28,30)/t22-/m1/s1. The molecular formula is C24H23F3N2O4S. The van der Waals surface area contributed by atoms with Gasteiger partial charge in [0.05, 0.1) is 17.1 Å². The summed E-state index contributed by atoms with van der Waals surface area (Å²) >= 11 is 0. The second kappa shape index (κ2) is 10.7. The number of carbonyl (C=O) groups is 1. The summed E-state index contributed by atoms with van der Waals surface area (Å²) in [5.74, 6) is -0.303. The van der Waals surface area contributed by atoms with Crippen LogP contribution in [0.3, 0.4) is 0 Å². The molecule has 0 heterocycles. The predicted octanol–water partition coefficient (Wildman–Crippen LogP) is 4.63. The maximum Gasteiger partial charge on any atom is 0.416 e. The molecule has 180 valence electrons. The summed E-state index contributed by atoms with van der Waals surface area (Å²) in [7, 11) is -4.13. The minimum atomic E-state index is -4.58. The number of sulfonamides is 1. The van der Waals surface area contributed by atoms with Crippen LogP contribution in [0.4, 0.5) is 18.9 Å². The number of alkyl halides is 3. The highest BCUT2D eigenvalue weighted by molar-refractivity contribution is 7.89. The summed E-state index contributed by atoms with van der Waals surface area (Å²) in [6, 6.07) is 17.2. The van der Waals surface area contributed by atoms with Crippen LogP contribution in [-0.4, -0.2) is 27.0 Å². The highest BCUT2D eigenvalue weighted by Gasteiger charge is 2.31. The molecule has 3 aromatic rings. The van der Waals surface area contributed by atoms with Gasteiger partial charge in [0.25, 0.3) is 0 Å². The molecule has 0 saturated carbocycles. The molecule has 10 heteroatoms. The second-order valence-electron chi connectivity index (χ2n) is 7.34. The summed E-state index contributed by atoms with van der Waals surface area (Å²) in [4.78, 5) is 12.9. The number of ether oxygens (including phenoxy) is 1. The second-order valence-corrected chi connectivity index (χ2v) is 9.05. The number of hydrogen-bond acceptors (Lipinski definition) is 4. The smallest absolute Gasteiger partial charge is 0.416 e. The third kappa shape index (κ3) is 6.82. The SMILES string of the molecule is CCOc1ccc(S(=O)(=O)N[C@H](Cc2ccccc2)C(=O)Nc2cccc(C(F)(F)F)c2)cc1. The average molecular weight is 493 g/mol. The van der Waals surface area contributed by atoms with Gasteiger partial charge in [-0.1, -0.05) is 36.4 Å². The van der Waals surface area contributed by atoms with E-state index in [0.29, 0.717) is 17.9 Å². The molecule has 34 heavy (non-hydrogen) atoms. The number of rotatable bonds is 9. The van der Waals surface area contributed by atoms with Crippen molar-refractivity contribution >= 4 is 21.6 Å². The van der Waals surface area contributed by atoms with E-state index >= 15 is 0 Å². The molecule has 0 aliphatic carbocycles. The highest BCUT2D eigenvalue weighted by Crippen LogP contribution is 2.30. The molecule has 0 radical (unpaired) electrons. The Kier molecular flexibility index (Phi) is 7.95. The van der Waals surface area contributed by atoms with Crippen LogP contribution in [0, 0.1) is 0 Å². The van der Waals surface area contributed by atoms with Gasteiger partial charge in [0.2, 0.25) is 15.9 Å². The molecular weight excluding hydrogens is 469 g/mol. The van der Waals surface area contributed by atoms with Gasteiger partial charge in [-0.05, 0) is 61.4 Å². The van der Waals surface area contributed by atoms with E-state index in [1.807, 2.05) is 0 Å². The van der Waals surface area contributed by atoms with Crippen LogP contribution in [-0.2, 0) is 27.4 Å². The lowest BCUT2D eigenvalue weighted by Crippen LogP contribution is -2.45. The van der Waals surface area contributed by atoms with E-state index in [-0.39, 0.29) is 17.0 Å². The zero-order valence-corrected chi connectivity index (χ0v) is 19.0. The molecule has 0 unspecified atom stereocenters. The fourth-order valence-corrected chi connectivity index (χ4v) is 4.37. The zero-order chi connectivity index (χ0) is 24.8. The molecule has 0 aromatic heterocycles. The van der Waals surface area contributed by atoms with Gasteiger partial charge in [-0.2, -0.15) is 17.9 Å². The molecule has 6 nitrogen and oxygen atoms in total. The number of nitrogens with one attached hydrogen (secondary N) is 2. The van der Waals surface area contributed by atoms with Gasteiger partial charge in [0.1, 0.15) is 11.8 Å². The van der Waals surface area contributed by atoms with Crippen molar-refractivity contribution in [2.24, 2.45) is 0 Å². The van der Waals surface area contributed by atoms with Crippen molar-refractivity contribution in [2.75, 3.05) is 11.9 Å². The fraction of sp³-hybridized carbons (Fsp3) is 0.208. The van der Waals surface area contributed by atoms with Gasteiger partial charge in [0, 0.05) is 5.69 Å². The molecule has 3 rings (SSSR count). The maximum absolute atomic E-state index is 13.0. The summed E-state index contributed by atoms with van der Waals surface area (Å²) in [6.07, 6.45) is -4.60. The minimum Gasteiger partial charge on any atom is -0.494 e. The number of benzene rings is 3. The highest BCUT2D eigenvalue weighted by atomic mass is 32.2. The maximum atomic E-state index is 13.0. The van der Waals surface area contributed by atoms with E-state index in [2.05, 4.69) is 10.0 Å². The fourth-order valence-electron chi connectivity index (χ4n) is 3.18. The first-order chi connectivity index (χ1) is 16.1. The Bertz CT molecular complexity index is 1210. The van der Waals surface area contributed by atoms with Crippen molar-refractivity contribution < 1.29 is 31.1 Å². The van der Waals surface area contributed by atoms with Gasteiger partial charge in [-0.25, -0.2) is 8.42 Å². The Morgan fingerprint density at radius 2 is 1.65 bits per heavy atom. The molecule has 1 amide bonds. The summed E-state index contributed by atoms with van der Waals surface area (Å²) in [5.41, 5.74) is -0.362. The molecule has 0 bridgehead atoms. The normalized spacial score (nSPS) is 12.7. The van der Waals surface area contributed by atoms with Crippen LogP contribution in [0.2, 0.25) is 0 Å². The van der Waals surface area contributed by atoms with E-state index < -0.39 is 33.7 Å². The van der Waals surface area contributed by atoms with E-state index in [4.69, 9.17) is 4.74 Å². The van der Waals surface area contributed by atoms with Crippen molar-refractivity contribution in [1.29, 1.82) is 0 Å². The number of halogens is 3. The van der Waals surface area contributed by atoms with Crippen molar-refractivity contribution in [3.63, 3.8) is 0 Å². The molecule has 0 fully saturated rings. The van der Waals surface area contributed by atoms with Gasteiger partial charge >= 0.3 is 6.18 Å². The number of carbonyl (C=O) groups excluding carboxylic acids is 1. The quantitative estimate of drug-likeness (QED) is 0.456. The third-order valence-electron chi connectivity index (χ3n) is 4.80. The van der Waals surface area contributed by atoms with Crippen molar-refractivity contribution in [1.82, 2.24) is 4.72 Å². The topological polar surface area (TPSA) is 84.5 Å². The van der Waals surface area contributed by atoms with Gasteiger partial charge in [-0.15, -0.1) is 0 Å². The largest absolute Gasteiger partial charge is 0.494 e. The molecule has 3 aromatic carbocycles. The van der Waals surface area contributed by atoms with Crippen molar-refractivity contribution in [3.8, 4) is 5.75 Å². The average Bonchev–Trinajstić information content (AvgIpc) is 2.79. The van der Waals surface area contributed by atoms with E-state index in [1.165, 1.54) is 30.3 Å². The van der Waals surface area contributed by atoms with Crippen LogP contribution < -0.4 is 14.8 Å². The van der Waals surface area contributed by atoms with Crippen LogP contribution in [0.15, 0.2) is 83.8 Å². The number of hydrogen-bond donors (Lipinski definition) is 2. The van der Waals surface area contributed by atoms with Gasteiger partial charge in [0.15, 0.2) is 0 Å². The monoisotopic (exact) mass is 492 g/mol. The van der Waals surface area contributed by atoms with E-state index in [9.17, 15) is 26.4 Å². The first kappa shape index (κ1) is 25.3. The van der Waals surface area contributed by atoms with Crippen LogP contribution in [0.1, 0.15) is 18.1 Å². The van der Waals surface area contributed by atoms with Crippen molar-refractivity contribution in [2.45, 2.75) is 30.5 Å². The molecule has 0 aliphatic heterocycles. The lowest BCUT2D eigenvalue weighted by Gasteiger charge is -2.19. The number of anilines is 1. The summed E-state index contributed by atoms with van der Waals surface area (Å²) in [5, 5.41) is 2.39. The molecule has 1 atom stereocenters. The lowest BCUT2D eigenvalue weighted by atomic mass is 10.1. The Morgan fingerprint density at radius 1 is 0.971 bits per heavy atom. The first-order valence-electron chi connectivity index (χ1n) is 10.4. The predicted molar refractivity (Wildman–Crippen MR) is 122 cm³/mol. The Morgan fingerprint density at radius 3 is 2.26 bits per heavy atom. The summed E-state index contributed by atoms with van der Waals surface area (Å²) in [6.45, 7) is 2.21. The van der Waals surface area contributed by atoms with Crippen LogP contribution in [0.5, 0.6) is 5.75 Å². The summed E-state index contributed by atoms with van der Waals surface area (Å²) < 4.78 is 72.7. The lowest BCUT2D eigenvalue weighted by molar-refractivity contribution is -0.137. The Labute approximate surface area is 195 Å². The molecule has 2 N–H and O–H groups in total. The first-order valence-corrected chi connectivity index (χ1v) is 11.8. The van der Waals surface area contributed by atoms with E-state index in [1.54, 1.807) is 37.3 Å². The van der Waals surface area contributed by atoms with E-state index in [0.717, 1.165) is 18.2 Å². The molecule has 0 spiro atoms. The van der Waals surface area contributed by atoms with Crippen LogP contribution in [0.25, 0.3) is 0 Å². The van der Waals surface area contributed by atoms with Crippen molar-refractivity contribution in [3.05, 3.63) is 90.0 Å².